The van der Waals surface area contributed by atoms with Crippen LogP contribution in [0.15, 0.2) is 0 Å². The van der Waals surface area contributed by atoms with Gasteiger partial charge in [0.25, 0.3) is 0 Å². The van der Waals surface area contributed by atoms with E-state index in [2.05, 4.69) is 30.6 Å². The quantitative estimate of drug-likeness (QED) is 0.299. The van der Waals surface area contributed by atoms with Crippen molar-refractivity contribution in [3.05, 3.63) is 0 Å². The van der Waals surface area contributed by atoms with Crippen LogP contribution in [0.1, 0.15) is 104 Å². The van der Waals surface area contributed by atoms with Gasteiger partial charge < -0.3 is 9.80 Å². The fourth-order valence-corrected chi connectivity index (χ4v) is 3.92. The van der Waals surface area contributed by atoms with Crippen LogP contribution in [0.5, 0.6) is 0 Å². The zero-order valence-electron chi connectivity index (χ0n) is 17.9. The fraction of sp³-hybridized carbons (Fsp3) is 1.00. The van der Waals surface area contributed by atoms with E-state index in [0.29, 0.717) is 0 Å². The predicted molar refractivity (Wildman–Crippen MR) is 113 cm³/mol. The highest BCUT2D eigenvalue weighted by Crippen LogP contribution is 2.12. The zero-order chi connectivity index (χ0) is 18.2. The molecule has 0 saturated carbocycles. The van der Waals surface area contributed by atoms with E-state index in [1.54, 1.807) is 0 Å². The van der Waals surface area contributed by atoms with Gasteiger partial charge in [0.15, 0.2) is 0 Å². The predicted octanol–water partition coefficient (Wildman–Crippen LogP) is 6.35. The van der Waals surface area contributed by atoms with Crippen molar-refractivity contribution in [2.24, 2.45) is 5.92 Å². The minimum absolute atomic E-state index is 0.841. The Morgan fingerprint density at radius 3 is 1.96 bits per heavy atom. The van der Waals surface area contributed by atoms with Gasteiger partial charge in [-0.1, -0.05) is 65.7 Å². The Hall–Kier alpha value is -0.0800. The zero-order valence-corrected chi connectivity index (χ0v) is 17.9. The van der Waals surface area contributed by atoms with E-state index in [1.165, 1.54) is 123 Å². The van der Waals surface area contributed by atoms with Crippen molar-refractivity contribution in [1.82, 2.24) is 9.80 Å². The Kier molecular flexibility index (Phi) is 14.8. The Balaban J connectivity index is 2.00. The lowest BCUT2D eigenvalue weighted by Crippen LogP contribution is -2.30. The second-order valence-electron chi connectivity index (χ2n) is 8.75. The van der Waals surface area contributed by atoms with Crippen LogP contribution in [0.2, 0.25) is 0 Å². The minimum atomic E-state index is 0.841. The van der Waals surface area contributed by atoms with Crippen LogP contribution in [0.3, 0.4) is 0 Å². The summed E-state index contributed by atoms with van der Waals surface area (Å²) in [4.78, 5) is 5.44. The molecule has 1 saturated heterocycles. The summed E-state index contributed by atoms with van der Waals surface area (Å²) in [5.41, 5.74) is 0. The number of nitrogens with zero attached hydrogens (tertiary/aromatic N) is 2. The molecule has 2 nitrogen and oxygen atoms in total. The summed E-state index contributed by atoms with van der Waals surface area (Å²) in [6.45, 7) is 15.1. The smallest absolute Gasteiger partial charge is 0.00163 e. The van der Waals surface area contributed by atoms with Crippen LogP contribution >= 0.6 is 0 Å². The normalized spacial score (nSPS) is 16.2. The highest BCUT2D eigenvalue weighted by atomic mass is 15.1. The lowest BCUT2D eigenvalue weighted by Gasteiger charge is -2.26. The van der Waals surface area contributed by atoms with Gasteiger partial charge in [0.2, 0.25) is 0 Å². The molecule has 0 radical (unpaired) electrons. The van der Waals surface area contributed by atoms with Crippen LogP contribution in [0.4, 0.5) is 0 Å². The summed E-state index contributed by atoms with van der Waals surface area (Å²) < 4.78 is 0. The third kappa shape index (κ3) is 13.7. The third-order valence-corrected chi connectivity index (χ3v) is 5.75. The average Bonchev–Trinajstić information content (AvgIpc) is 2.62. The molecule has 0 bridgehead atoms. The van der Waals surface area contributed by atoms with Crippen LogP contribution < -0.4 is 0 Å². The summed E-state index contributed by atoms with van der Waals surface area (Å²) >= 11 is 0. The molecular weight excluding hydrogens is 304 g/mol. The van der Waals surface area contributed by atoms with Gasteiger partial charge in [-0.15, -0.1) is 0 Å². The summed E-state index contributed by atoms with van der Waals surface area (Å²) in [5, 5.41) is 0. The molecular formula is C23H48N2. The maximum absolute atomic E-state index is 2.75. The van der Waals surface area contributed by atoms with Crippen molar-refractivity contribution in [3.63, 3.8) is 0 Å². The molecule has 0 unspecified atom stereocenters. The van der Waals surface area contributed by atoms with Gasteiger partial charge in [-0.2, -0.15) is 0 Å². The van der Waals surface area contributed by atoms with Gasteiger partial charge in [0.05, 0.1) is 0 Å². The van der Waals surface area contributed by atoms with Gasteiger partial charge in [-0.05, 0) is 83.7 Å². The highest BCUT2D eigenvalue weighted by Gasteiger charge is 2.09. The van der Waals surface area contributed by atoms with Crippen LogP contribution in [-0.2, 0) is 0 Å². The standard InChI is InChI=1S/C23H48N2/c1-4-5-6-11-20-25(22-16-23(2)3)21-13-9-7-8-12-17-24-18-14-10-15-19-24/h23H,4-22H2,1-3H3. The molecule has 0 aliphatic carbocycles. The number of likely N-dealkylation sites (tertiary alicyclic amines) is 1. The van der Waals surface area contributed by atoms with E-state index in [4.69, 9.17) is 0 Å². The van der Waals surface area contributed by atoms with Gasteiger partial charge >= 0.3 is 0 Å². The van der Waals surface area contributed by atoms with E-state index in [0.717, 1.165) is 5.92 Å². The molecule has 1 rings (SSSR count). The number of unbranched alkanes of at least 4 members (excludes halogenated alkanes) is 7. The molecule has 0 aromatic rings. The van der Waals surface area contributed by atoms with Crippen LogP contribution in [-0.4, -0.2) is 49.1 Å². The second-order valence-corrected chi connectivity index (χ2v) is 8.75. The summed E-state index contributed by atoms with van der Waals surface area (Å²) in [5.74, 6) is 0.841. The summed E-state index contributed by atoms with van der Waals surface area (Å²) in [7, 11) is 0. The van der Waals surface area contributed by atoms with Crippen molar-refractivity contribution < 1.29 is 0 Å². The van der Waals surface area contributed by atoms with Crippen molar-refractivity contribution in [2.45, 2.75) is 104 Å². The largest absolute Gasteiger partial charge is 0.303 e. The van der Waals surface area contributed by atoms with Crippen molar-refractivity contribution in [2.75, 3.05) is 39.3 Å². The molecule has 0 amide bonds. The molecule has 0 N–H and O–H groups in total. The monoisotopic (exact) mass is 352 g/mol. The lowest BCUT2D eigenvalue weighted by atomic mass is 10.1. The maximum Gasteiger partial charge on any atom is -0.00163 e. The fourth-order valence-electron chi connectivity index (χ4n) is 3.92. The summed E-state index contributed by atoms with van der Waals surface area (Å²) in [6, 6.07) is 0. The Morgan fingerprint density at radius 1 is 0.720 bits per heavy atom. The Bertz CT molecular complexity index is 271. The summed E-state index contributed by atoms with van der Waals surface area (Å²) in [6.07, 6.45) is 18.4. The number of piperidine rings is 1. The lowest BCUT2D eigenvalue weighted by molar-refractivity contribution is 0.223. The molecule has 1 fully saturated rings. The highest BCUT2D eigenvalue weighted by molar-refractivity contribution is 4.65. The maximum atomic E-state index is 2.75. The number of hydrogen-bond donors (Lipinski definition) is 0. The Labute approximate surface area is 159 Å². The van der Waals surface area contributed by atoms with Crippen molar-refractivity contribution in [1.29, 1.82) is 0 Å². The second kappa shape index (κ2) is 16.1. The van der Waals surface area contributed by atoms with Gasteiger partial charge in [0.1, 0.15) is 0 Å². The Morgan fingerprint density at radius 2 is 1.32 bits per heavy atom. The molecule has 1 aliphatic heterocycles. The number of hydrogen-bond acceptors (Lipinski definition) is 2. The molecule has 1 heterocycles. The van der Waals surface area contributed by atoms with E-state index >= 15 is 0 Å². The number of rotatable bonds is 16. The SMILES string of the molecule is CCCCCCN(CCCCCCCN1CCCCC1)CCC(C)C. The first-order chi connectivity index (χ1) is 12.2. The third-order valence-electron chi connectivity index (χ3n) is 5.75. The van der Waals surface area contributed by atoms with Gasteiger partial charge in [-0.25, -0.2) is 0 Å². The molecule has 0 spiro atoms. The average molecular weight is 353 g/mol. The van der Waals surface area contributed by atoms with E-state index < -0.39 is 0 Å². The van der Waals surface area contributed by atoms with E-state index in [1.807, 2.05) is 0 Å². The first-order valence-electron chi connectivity index (χ1n) is 11.7. The van der Waals surface area contributed by atoms with E-state index in [-0.39, 0.29) is 0 Å². The molecule has 2 heteroatoms. The molecule has 1 aliphatic rings. The molecule has 0 atom stereocenters. The first kappa shape index (κ1) is 23.0. The van der Waals surface area contributed by atoms with Gasteiger partial charge in [0, 0.05) is 0 Å². The topological polar surface area (TPSA) is 6.48 Å². The molecule has 25 heavy (non-hydrogen) atoms. The van der Waals surface area contributed by atoms with Gasteiger partial charge in [-0.3, -0.25) is 0 Å². The van der Waals surface area contributed by atoms with E-state index in [9.17, 15) is 0 Å². The van der Waals surface area contributed by atoms with Crippen LogP contribution in [0, 0.1) is 5.92 Å². The van der Waals surface area contributed by atoms with Crippen molar-refractivity contribution >= 4 is 0 Å². The molecule has 0 aromatic carbocycles. The first-order valence-corrected chi connectivity index (χ1v) is 11.7. The van der Waals surface area contributed by atoms with Crippen molar-refractivity contribution in [3.8, 4) is 0 Å². The minimum Gasteiger partial charge on any atom is -0.303 e. The molecule has 0 aromatic heterocycles. The molecule has 150 valence electrons. The van der Waals surface area contributed by atoms with Crippen LogP contribution in [0.25, 0.3) is 0 Å².